The molecule has 0 aliphatic carbocycles. The predicted molar refractivity (Wildman–Crippen MR) is 112 cm³/mol. The SMILES string of the molecule is CN=C(NCc1cccc(NC(=O)CN(C)C)c1)NCc1ccc(F)cc1C(F)(F)F. The number of carbonyl (C=O) groups is 1. The van der Waals surface area contributed by atoms with Crippen LogP contribution in [0.15, 0.2) is 47.5 Å². The van der Waals surface area contributed by atoms with Gasteiger partial charge in [0.15, 0.2) is 5.96 Å². The van der Waals surface area contributed by atoms with Crippen LogP contribution in [0.2, 0.25) is 0 Å². The molecule has 0 aromatic heterocycles. The van der Waals surface area contributed by atoms with Gasteiger partial charge in [0.25, 0.3) is 0 Å². The van der Waals surface area contributed by atoms with Gasteiger partial charge >= 0.3 is 6.18 Å². The smallest absolute Gasteiger partial charge is 0.352 e. The molecule has 2 aromatic rings. The molecule has 0 aliphatic heterocycles. The fraction of sp³-hybridized carbons (Fsp3) is 0.333. The van der Waals surface area contributed by atoms with E-state index in [9.17, 15) is 22.4 Å². The Morgan fingerprint density at radius 2 is 1.77 bits per heavy atom. The maximum absolute atomic E-state index is 13.2. The third kappa shape index (κ3) is 7.89. The van der Waals surface area contributed by atoms with Gasteiger partial charge < -0.3 is 20.9 Å². The van der Waals surface area contributed by atoms with E-state index in [2.05, 4.69) is 20.9 Å². The Kier molecular flexibility index (Phi) is 8.38. The minimum Gasteiger partial charge on any atom is -0.352 e. The molecule has 3 N–H and O–H groups in total. The summed E-state index contributed by atoms with van der Waals surface area (Å²) in [5, 5.41) is 8.59. The third-order valence-corrected chi connectivity index (χ3v) is 4.18. The van der Waals surface area contributed by atoms with E-state index < -0.39 is 17.6 Å². The van der Waals surface area contributed by atoms with Crippen molar-refractivity contribution in [2.75, 3.05) is 33.0 Å². The van der Waals surface area contributed by atoms with Gasteiger partial charge in [-0.05, 0) is 49.5 Å². The molecule has 0 fully saturated rings. The number of hydrogen-bond donors (Lipinski definition) is 3. The van der Waals surface area contributed by atoms with E-state index in [4.69, 9.17) is 0 Å². The van der Waals surface area contributed by atoms with E-state index in [0.29, 0.717) is 18.3 Å². The molecule has 6 nitrogen and oxygen atoms in total. The van der Waals surface area contributed by atoms with Crippen LogP contribution < -0.4 is 16.0 Å². The molecule has 0 saturated heterocycles. The number of guanidine groups is 1. The van der Waals surface area contributed by atoms with E-state index in [-0.39, 0.29) is 30.5 Å². The summed E-state index contributed by atoms with van der Waals surface area (Å²) in [7, 11) is 5.08. The molecule has 0 spiro atoms. The second-order valence-corrected chi connectivity index (χ2v) is 7.06. The molecule has 0 aliphatic rings. The number of hydrogen-bond acceptors (Lipinski definition) is 3. The molecule has 0 unspecified atom stereocenters. The number of rotatable bonds is 7. The Morgan fingerprint density at radius 1 is 1.06 bits per heavy atom. The summed E-state index contributed by atoms with van der Waals surface area (Å²) in [6, 6.07) is 9.73. The van der Waals surface area contributed by atoms with Crippen LogP contribution in [-0.2, 0) is 24.1 Å². The molecule has 0 atom stereocenters. The first-order chi connectivity index (χ1) is 14.6. The van der Waals surface area contributed by atoms with Crippen molar-refractivity contribution in [2.24, 2.45) is 4.99 Å². The highest BCUT2D eigenvalue weighted by molar-refractivity contribution is 5.92. The number of benzene rings is 2. The summed E-state index contributed by atoms with van der Waals surface area (Å²) in [6.07, 6.45) is -4.66. The molecule has 2 aromatic carbocycles. The summed E-state index contributed by atoms with van der Waals surface area (Å²) in [4.78, 5) is 17.6. The van der Waals surface area contributed by atoms with Crippen molar-refractivity contribution in [1.29, 1.82) is 0 Å². The van der Waals surface area contributed by atoms with E-state index in [1.165, 1.54) is 7.05 Å². The molecule has 168 valence electrons. The third-order valence-electron chi connectivity index (χ3n) is 4.18. The van der Waals surface area contributed by atoms with Gasteiger partial charge in [0.2, 0.25) is 5.91 Å². The van der Waals surface area contributed by atoms with Crippen LogP contribution in [0.5, 0.6) is 0 Å². The monoisotopic (exact) mass is 439 g/mol. The number of amides is 1. The van der Waals surface area contributed by atoms with Crippen molar-refractivity contribution >= 4 is 17.6 Å². The molecule has 31 heavy (non-hydrogen) atoms. The van der Waals surface area contributed by atoms with Crippen molar-refractivity contribution < 1.29 is 22.4 Å². The first-order valence-corrected chi connectivity index (χ1v) is 9.42. The Balaban J connectivity index is 1.97. The average molecular weight is 439 g/mol. The quantitative estimate of drug-likeness (QED) is 0.352. The van der Waals surface area contributed by atoms with Gasteiger partial charge in [0.1, 0.15) is 5.82 Å². The van der Waals surface area contributed by atoms with Gasteiger partial charge in [-0.25, -0.2) is 4.39 Å². The van der Waals surface area contributed by atoms with Crippen LogP contribution in [0.25, 0.3) is 0 Å². The highest BCUT2D eigenvalue weighted by Gasteiger charge is 2.33. The van der Waals surface area contributed by atoms with E-state index in [0.717, 1.165) is 17.7 Å². The summed E-state index contributed by atoms with van der Waals surface area (Å²) < 4.78 is 52.6. The molecule has 0 bridgehead atoms. The standard InChI is InChI=1S/C21H25F4N5O/c1-26-20(28-12-15-7-8-16(22)10-18(15)21(23,24)25)27-11-14-5-4-6-17(9-14)29-19(31)13-30(2)3/h4-10H,11-13H2,1-3H3,(H,29,31)(H2,26,27,28). The van der Waals surface area contributed by atoms with Crippen LogP contribution in [-0.4, -0.2) is 44.5 Å². The number of nitrogens with zero attached hydrogens (tertiary/aromatic N) is 2. The summed E-state index contributed by atoms with van der Waals surface area (Å²) >= 11 is 0. The molecule has 2 rings (SSSR count). The number of likely N-dealkylation sites (N-methyl/N-ethyl adjacent to an activating group) is 1. The van der Waals surface area contributed by atoms with Crippen LogP contribution in [0.4, 0.5) is 23.2 Å². The number of nitrogens with one attached hydrogen (secondary N) is 3. The number of halogens is 4. The zero-order valence-corrected chi connectivity index (χ0v) is 17.5. The Morgan fingerprint density at radius 3 is 2.42 bits per heavy atom. The fourth-order valence-corrected chi connectivity index (χ4v) is 2.80. The first kappa shape index (κ1) is 24.1. The lowest BCUT2D eigenvalue weighted by molar-refractivity contribution is -0.138. The predicted octanol–water partition coefficient (Wildman–Crippen LogP) is 3.21. The van der Waals surface area contributed by atoms with Crippen molar-refractivity contribution in [2.45, 2.75) is 19.3 Å². The largest absolute Gasteiger partial charge is 0.416 e. The summed E-state index contributed by atoms with van der Waals surface area (Å²) in [5.74, 6) is -0.817. The zero-order valence-electron chi connectivity index (χ0n) is 17.5. The van der Waals surface area contributed by atoms with E-state index >= 15 is 0 Å². The van der Waals surface area contributed by atoms with Crippen molar-refractivity contribution in [3.63, 3.8) is 0 Å². The highest BCUT2D eigenvalue weighted by Crippen LogP contribution is 2.32. The molecular weight excluding hydrogens is 414 g/mol. The lowest BCUT2D eigenvalue weighted by Gasteiger charge is -2.16. The normalized spacial score (nSPS) is 12.1. The maximum atomic E-state index is 13.2. The second kappa shape index (κ2) is 10.8. The highest BCUT2D eigenvalue weighted by atomic mass is 19.4. The molecule has 0 heterocycles. The lowest BCUT2D eigenvalue weighted by Crippen LogP contribution is -2.36. The van der Waals surface area contributed by atoms with Crippen molar-refractivity contribution in [3.05, 3.63) is 65.0 Å². The van der Waals surface area contributed by atoms with Gasteiger partial charge in [-0.2, -0.15) is 13.2 Å². The zero-order chi connectivity index (χ0) is 23.0. The number of aliphatic imine (C=N–C) groups is 1. The maximum Gasteiger partial charge on any atom is 0.416 e. The van der Waals surface area contributed by atoms with Crippen molar-refractivity contribution in [3.8, 4) is 0 Å². The number of carbonyl (C=O) groups excluding carboxylic acids is 1. The van der Waals surface area contributed by atoms with Gasteiger partial charge in [-0.1, -0.05) is 18.2 Å². The molecule has 0 saturated carbocycles. The summed E-state index contributed by atoms with van der Waals surface area (Å²) in [5.41, 5.74) is 0.345. The van der Waals surface area contributed by atoms with E-state index in [1.54, 1.807) is 37.2 Å². The Hall–Kier alpha value is -3.14. The van der Waals surface area contributed by atoms with Gasteiger partial charge in [-0.3, -0.25) is 9.79 Å². The molecule has 0 radical (unpaired) electrons. The minimum atomic E-state index is -4.66. The summed E-state index contributed by atoms with van der Waals surface area (Å²) in [6.45, 7) is 0.393. The van der Waals surface area contributed by atoms with E-state index in [1.807, 2.05) is 6.07 Å². The molecule has 10 heteroatoms. The number of alkyl halides is 3. The Labute approximate surface area is 178 Å². The van der Waals surface area contributed by atoms with Crippen molar-refractivity contribution in [1.82, 2.24) is 15.5 Å². The van der Waals surface area contributed by atoms with Gasteiger partial charge in [-0.15, -0.1) is 0 Å². The molecular formula is C21H25F4N5O. The van der Waals surface area contributed by atoms with Gasteiger partial charge in [0.05, 0.1) is 12.1 Å². The second-order valence-electron chi connectivity index (χ2n) is 7.06. The van der Waals surface area contributed by atoms with Crippen LogP contribution in [0.1, 0.15) is 16.7 Å². The Bertz CT molecular complexity index is 928. The van der Waals surface area contributed by atoms with Crippen LogP contribution in [0.3, 0.4) is 0 Å². The van der Waals surface area contributed by atoms with Crippen LogP contribution in [0, 0.1) is 5.82 Å². The van der Waals surface area contributed by atoms with Gasteiger partial charge in [0, 0.05) is 25.8 Å². The minimum absolute atomic E-state index is 0.0950. The average Bonchev–Trinajstić information content (AvgIpc) is 2.67. The topological polar surface area (TPSA) is 68.8 Å². The number of anilines is 1. The lowest BCUT2D eigenvalue weighted by atomic mass is 10.1. The van der Waals surface area contributed by atoms with Crippen LogP contribution >= 0.6 is 0 Å². The fourth-order valence-electron chi connectivity index (χ4n) is 2.80. The molecule has 1 amide bonds. The first-order valence-electron chi connectivity index (χ1n) is 9.42.